The molecule has 1 saturated heterocycles. The van der Waals surface area contributed by atoms with Crippen LogP contribution in [0.5, 0.6) is 0 Å². The van der Waals surface area contributed by atoms with E-state index >= 15 is 0 Å². The van der Waals surface area contributed by atoms with E-state index in [4.69, 9.17) is 11.6 Å². The number of benzene rings is 1. The van der Waals surface area contributed by atoms with E-state index < -0.39 is 4.92 Å². The summed E-state index contributed by atoms with van der Waals surface area (Å²) in [4.78, 5) is 22.0. The maximum absolute atomic E-state index is 11.9. The number of rotatable bonds is 4. The maximum Gasteiger partial charge on any atom is 0.270 e. The Balaban J connectivity index is 1.99. The van der Waals surface area contributed by atoms with Crippen LogP contribution in [0.4, 0.5) is 5.69 Å². The van der Waals surface area contributed by atoms with E-state index in [9.17, 15) is 14.9 Å². The summed E-state index contributed by atoms with van der Waals surface area (Å²) in [6, 6.07) is 4.05. The highest BCUT2D eigenvalue weighted by Gasteiger charge is 2.20. The van der Waals surface area contributed by atoms with Crippen molar-refractivity contribution in [3.05, 3.63) is 38.9 Å². The average molecular weight is 311 g/mol. The van der Waals surface area contributed by atoms with Gasteiger partial charge in [-0.15, -0.1) is 0 Å². The third-order valence-corrected chi connectivity index (χ3v) is 3.62. The van der Waals surface area contributed by atoms with Gasteiger partial charge >= 0.3 is 0 Å². The van der Waals surface area contributed by atoms with Crippen LogP contribution in [0, 0.1) is 16.0 Å². The van der Waals surface area contributed by atoms with Crippen LogP contribution in [0.25, 0.3) is 0 Å². The molecule has 1 aromatic carbocycles. The molecule has 1 heterocycles. The molecule has 2 rings (SSSR count). The summed E-state index contributed by atoms with van der Waals surface area (Å²) >= 11 is 5.93. The molecule has 112 valence electrons. The lowest BCUT2D eigenvalue weighted by Gasteiger charge is -2.20. The fraction of sp³-hybridized carbons (Fsp3) is 0.385. The molecule has 0 radical (unpaired) electrons. The highest BCUT2D eigenvalue weighted by atomic mass is 35.5. The van der Waals surface area contributed by atoms with Crippen molar-refractivity contribution in [2.45, 2.75) is 12.8 Å². The van der Waals surface area contributed by atoms with Crippen molar-refractivity contribution in [1.29, 1.82) is 0 Å². The first-order chi connectivity index (χ1) is 10.1. The van der Waals surface area contributed by atoms with E-state index in [0.29, 0.717) is 10.6 Å². The Morgan fingerprint density at radius 2 is 2.19 bits per heavy atom. The highest BCUT2D eigenvalue weighted by molar-refractivity contribution is 6.33. The summed E-state index contributed by atoms with van der Waals surface area (Å²) in [6.07, 6.45) is 2.87. The first-order valence-electron chi connectivity index (χ1n) is 6.55. The van der Waals surface area contributed by atoms with Crippen LogP contribution >= 0.6 is 11.6 Å². The summed E-state index contributed by atoms with van der Waals surface area (Å²) < 4.78 is 0. The molecule has 0 spiro atoms. The Kier molecular flexibility index (Phi) is 5.24. The molecular formula is C13H15ClN4O3. The van der Waals surface area contributed by atoms with E-state index in [1.54, 1.807) is 0 Å². The van der Waals surface area contributed by atoms with Crippen LogP contribution in [-0.4, -0.2) is 30.1 Å². The summed E-state index contributed by atoms with van der Waals surface area (Å²) in [5.41, 5.74) is 2.76. The number of hydrogen-bond acceptors (Lipinski definition) is 5. The van der Waals surface area contributed by atoms with Gasteiger partial charge in [-0.05, 0) is 32.0 Å². The van der Waals surface area contributed by atoms with E-state index in [2.05, 4.69) is 15.8 Å². The van der Waals surface area contributed by atoms with Crippen molar-refractivity contribution in [3.8, 4) is 0 Å². The number of carbonyl (C=O) groups is 1. The fourth-order valence-corrected chi connectivity index (χ4v) is 2.25. The molecule has 1 fully saturated rings. The Labute approximate surface area is 126 Å². The Bertz CT molecular complexity index is 571. The van der Waals surface area contributed by atoms with Gasteiger partial charge < -0.3 is 5.32 Å². The quantitative estimate of drug-likeness (QED) is 0.502. The molecule has 0 atom stereocenters. The molecule has 0 aliphatic carbocycles. The second-order valence-corrected chi connectivity index (χ2v) is 5.13. The molecule has 1 amide bonds. The second-order valence-electron chi connectivity index (χ2n) is 4.72. The zero-order valence-electron chi connectivity index (χ0n) is 11.2. The summed E-state index contributed by atoms with van der Waals surface area (Å²) in [6.45, 7) is 1.64. The zero-order chi connectivity index (χ0) is 15.2. The van der Waals surface area contributed by atoms with Gasteiger partial charge in [0.25, 0.3) is 5.69 Å². The highest BCUT2D eigenvalue weighted by Crippen LogP contribution is 2.20. The van der Waals surface area contributed by atoms with Crippen molar-refractivity contribution in [2.24, 2.45) is 11.0 Å². The van der Waals surface area contributed by atoms with Crippen molar-refractivity contribution < 1.29 is 9.72 Å². The SMILES string of the molecule is O=C(N/N=C\c1cc([N+](=O)[O-])ccc1Cl)C1CCNCC1. The van der Waals surface area contributed by atoms with Gasteiger partial charge in [0.15, 0.2) is 0 Å². The lowest BCUT2D eigenvalue weighted by atomic mass is 9.98. The molecule has 1 aromatic rings. The summed E-state index contributed by atoms with van der Waals surface area (Å²) in [5.74, 6) is -0.196. The van der Waals surface area contributed by atoms with E-state index in [1.165, 1.54) is 24.4 Å². The lowest BCUT2D eigenvalue weighted by molar-refractivity contribution is -0.384. The van der Waals surface area contributed by atoms with Crippen LogP contribution in [0.15, 0.2) is 23.3 Å². The van der Waals surface area contributed by atoms with Gasteiger partial charge in [0.1, 0.15) is 0 Å². The normalized spacial score (nSPS) is 16.0. The van der Waals surface area contributed by atoms with Gasteiger partial charge in [0.05, 0.1) is 11.1 Å². The minimum Gasteiger partial charge on any atom is -0.317 e. The smallest absolute Gasteiger partial charge is 0.270 e. The van der Waals surface area contributed by atoms with Gasteiger partial charge in [-0.2, -0.15) is 5.10 Å². The Morgan fingerprint density at radius 1 is 1.48 bits per heavy atom. The number of piperidine rings is 1. The predicted molar refractivity (Wildman–Crippen MR) is 79.4 cm³/mol. The van der Waals surface area contributed by atoms with Crippen LogP contribution in [0.1, 0.15) is 18.4 Å². The van der Waals surface area contributed by atoms with Crippen LogP contribution in [0.2, 0.25) is 5.02 Å². The number of halogens is 1. The van der Waals surface area contributed by atoms with Gasteiger partial charge in [0.2, 0.25) is 5.91 Å². The first kappa shape index (κ1) is 15.4. The third-order valence-electron chi connectivity index (χ3n) is 3.28. The van der Waals surface area contributed by atoms with Gasteiger partial charge in [0, 0.05) is 28.6 Å². The standard InChI is InChI=1S/C13H15ClN4O3/c14-12-2-1-11(18(20)21)7-10(12)8-16-17-13(19)9-3-5-15-6-4-9/h1-2,7-9,15H,3-6H2,(H,17,19)/b16-8-. The summed E-state index contributed by atoms with van der Waals surface area (Å²) in [7, 11) is 0. The van der Waals surface area contributed by atoms with Gasteiger partial charge in [-0.3, -0.25) is 14.9 Å². The van der Waals surface area contributed by atoms with Crippen molar-refractivity contribution in [1.82, 2.24) is 10.7 Å². The number of hydrazone groups is 1. The Morgan fingerprint density at radius 3 is 2.86 bits per heavy atom. The lowest BCUT2D eigenvalue weighted by Crippen LogP contribution is -2.36. The average Bonchev–Trinajstić information content (AvgIpc) is 2.49. The molecule has 0 bridgehead atoms. The molecular weight excluding hydrogens is 296 g/mol. The number of hydrogen-bond donors (Lipinski definition) is 2. The minimum atomic E-state index is -0.513. The second kappa shape index (κ2) is 7.14. The largest absolute Gasteiger partial charge is 0.317 e. The predicted octanol–water partition coefficient (Wildman–Crippen LogP) is 1.70. The zero-order valence-corrected chi connectivity index (χ0v) is 12.0. The molecule has 0 unspecified atom stereocenters. The third kappa shape index (κ3) is 4.24. The number of nitrogens with one attached hydrogen (secondary N) is 2. The summed E-state index contributed by atoms with van der Waals surface area (Å²) in [5, 5.41) is 18.0. The topological polar surface area (TPSA) is 96.6 Å². The van der Waals surface area contributed by atoms with E-state index in [0.717, 1.165) is 25.9 Å². The van der Waals surface area contributed by atoms with Gasteiger partial charge in [-0.25, -0.2) is 5.43 Å². The van der Waals surface area contributed by atoms with Crippen molar-refractivity contribution in [2.75, 3.05) is 13.1 Å². The van der Waals surface area contributed by atoms with E-state index in [1.807, 2.05) is 0 Å². The molecule has 21 heavy (non-hydrogen) atoms. The monoisotopic (exact) mass is 310 g/mol. The number of nitrogens with zero attached hydrogens (tertiary/aromatic N) is 2. The molecule has 2 N–H and O–H groups in total. The molecule has 1 aliphatic heterocycles. The van der Waals surface area contributed by atoms with Crippen molar-refractivity contribution >= 4 is 29.4 Å². The van der Waals surface area contributed by atoms with Gasteiger partial charge in [-0.1, -0.05) is 11.6 Å². The number of nitro benzene ring substituents is 1. The first-order valence-corrected chi connectivity index (χ1v) is 6.93. The van der Waals surface area contributed by atoms with Crippen LogP contribution in [-0.2, 0) is 4.79 Å². The molecule has 0 aromatic heterocycles. The van der Waals surface area contributed by atoms with Crippen molar-refractivity contribution in [3.63, 3.8) is 0 Å². The molecule has 7 nitrogen and oxygen atoms in total. The molecule has 8 heteroatoms. The molecule has 0 saturated carbocycles. The van der Waals surface area contributed by atoms with Crippen LogP contribution < -0.4 is 10.7 Å². The minimum absolute atomic E-state index is 0.0519. The molecule has 1 aliphatic rings. The number of carbonyl (C=O) groups excluding carboxylic acids is 1. The van der Waals surface area contributed by atoms with E-state index in [-0.39, 0.29) is 17.5 Å². The maximum atomic E-state index is 11.9. The fourth-order valence-electron chi connectivity index (χ4n) is 2.08. The number of nitro groups is 1. The number of amides is 1. The Hall–Kier alpha value is -1.99. The van der Waals surface area contributed by atoms with Crippen LogP contribution in [0.3, 0.4) is 0 Å². The number of non-ortho nitro benzene ring substituents is 1.